The summed E-state index contributed by atoms with van der Waals surface area (Å²) in [5.74, 6) is 1.17. The largest absolute Gasteiger partial charge is 0.353 e. The molecule has 5 rings (SSSR count). The number of halogens is 1. The van der Waals surface area contributed by atoms with Gasteiger partial charge in [-0.15, -0.1) is 0 Å². The molecule has 1 aliphatic rings. The van der Waals surface area contributed by atoms with E-state index in [1.165, 1.54) is 0 Å². The maximum Gasteiger partial charge on any atom is 0.180 e. The lowest BCUT2D eigenvalue weighted by molar-refractivity contribution is 0.312. The van der Waals surface area contributed by atoms with Gasteiger partial charge < -0.3 is 14.8 Å². The molecule has 1 aliphatic heterocycles. The van der Waals surface area contributed by atoms with Crippen molar-refractivity contribution in [2.45, 2.75) is 19.3 Å². The molecular weight excluding hydrogens is 398 g/mol. The van der Waals surface area contributed by atoms with Crippen LogP contribution in [-0.2, 0) is 6.42 Å². The Bertz CT molecular complexity index is 1200. The maximum atomic E-state index is 6.62. The second-order valence-corrected chi connectivity index (χ2v) is 8.43. The van der Waals surface area contributed by atoms with Gasteiger partial charge in [-0.2, -0.15) is 0 Å². The number of aromatic nitrogens is 5. The molecule has 154 valence electrons. The summed E-state index contributed by atoms with van der Waals surface area (Å²) in [6.45, 7) is 6.12. The van der Waals surface area contributed by atoms with Gasteiger partial charge in [-0.25, -0.2) is 19.9 Å². The lowest BCUT2D eigenvalue weighted by Crippen LogP contribution is -2.45. The van der Waals surface area contributed by atoms with Gasteiger partial charge in [-0.3, -0.25) is 0 Å². The molecule has 1 N–H and O–H groups in total. The normalized spacial score (nSPS) is 16.4. The van der Waals surface area contributed by atoms with Gasteiger partial charge in [0.2, 0.25) is 0 Å². The van der Waals surface area contributed by atoms with Crippen molar-refractivity contribution in [2.75, 3.05) is 38.1 Å². The Balaban J connectivity index is 1.55. The lowest BCUT2D eigenvalue weighted by Gasteiger charge is -2.34. The highest BCUT2D eigenvalue weighted by Gasteiger charge is 2.22. The molecule has 0 amide bonds. The smallest absolute Gasteiger partial charge is 0.180 e. The first-order valence-corrected chi connectivity index (χ1v) is 10.6. The summed E-state index contributed by atoms with van der Waals surface area (Å²) in [7, 11) is 2.16. The number of benzene rings is 1. The highest BCUT2D eigenvalue weighted by atomic mass is 35.5. The van der Waals surface area contributed by atoms with Crippen LogP contribution in [0.3, 0.4) is 0 Å². The highest BCUT2D eigenvalue weighted by molar-refractivity contribution is 6.36. The van der Waals surface area contributed by atoms with Gasteiger partial charge in [-0.1, -0.05) is 30.7 Å². The number of H-pyrrole nitrogens is 1. The van der Waals surface area contributed by atoms with Gasteiger partial charge in [0.1, 0.15) is 17.7 Å². The Morgan fingerprint density at radius 1 is 1.13 bits per heavy atom. The second kappa shape index (κ2) is 7.81. The minimum atomic E-state index is 0.181. The van der Waals surface area contributed by atoms with Gasteiger partial charge in [0.25, 0.3) is 0 Å². The molecule has 1 fully saturated rings. The van der Waals surface area contributed by atoms with E-state index in [4.69, 9.17) is 16.6 Å². The van der Waals surface area contributed by atoms with Crippen molar-refractivity contribution in [1.82, 2.24) is 29.8 Å². The summed E-state index contributed by atoms with van der Waals surface area (Å²) >= 11 is 6.62. The summed E-state index contributed by atoms with van der Waals surface area (Å²) < 4.78 is 0. The number of piperazine rings is 1. The van der Waals surface area contributed by atoms with E-state index in [-0.39, 0.29) is 5.92 Å². The molecule has 3 aromatic heterocycles. The van der Waals surface area contributed by atoms with Crippen LogP contribution in [0.15, 0.2) is 36.9 Å². The molecular formula is C22H24ClN7. The van der Waals surface area contributed by atoms with E-state index in [2.05, 4.69) is 55.8 Å². The number of hydrogen-bond donors (Lipinski definition) is 1. The van der Waals surface area contributed by atoms with Crippen LogP contribution in [0.25, 0.3) is 21.9 Å². The predicted octanol–water partition coefficient (Wildman–Crippen LogP) is 3.65. The predicted molar refractivity (Wildman–Crippen MR) is 120 cm³/mol. The molecule has 0 aliphatic carbocycles. The van der Waals surface area contributed by atoms with Crippen molar-refractivity contribution in [3.63, 3.8) is 0 Å². The van der Waals surface area contributed by atoms with Gasteiger partial charge in [0.05, 0.1) is 17.0 Å². The molecule has 30 heavy (non-hydrogen) atoms. The molecule has 1 aromatic carbocycles. The SMILES string of the molecule is C[C@H](Cc1ncnc2nc[nH]c12)c1cc2cccc(Cl)c2c(N2CCN(C)CC2)n1. The molecule has 0 bridgehead atoms. The fraction of sp³-hybridized carbons (Fsp3) is 0.364. The number of likely N-dealkylation sites (N-methyl/N-ethyl adjacent to an activating group) is 1. The molecule has 4 aromatic rings. The summed E-state index contributed by atoms with van der Waals surface area (Å²) in [5.41, 5.74) is 3.60. The number of hydrogen-bond acceptors (Lipinski definition) is 6. The molecule has 0 spiro atoms. The average molecular weight is 422 g/mol. The van der Waals surface area contributed by atoms with E-state index in [0.29, 0.717) is 5.65 Å². The third-order valence-corrected chi connectivity index (χ3v) is 6.23. The molecule has 1 atom stereocenters. The molecule has 0 radical (unpaired) electrons. The van der Waals surface area contributed by atoms with Crippen molar-refractivity contribution in [2.24, 2.45) is 0 Å². The zero-order valence-corrected chi connectivity index (χ0v) is 17.9. The summed E-state index contributed by atoms with van der Waals surface area (Å²) in [5, 5.41) is 2.92. The average Bonchev–Trinajstić information content (AvgIpc) is 3.24. The number of anilines is 1. The minimum Gasteiger partial charge on any atom is -0.353 e. The van der Waals surface area contributed by atoms with E-state index in [1.54, 1.807) is 12.7 Å². The maximum absolute atomic E-state index is 6.62. The third kappa shape index (κ3) is 3.48. The van der Waals surface area contributed by atoms with Crippen molar-refractivity contribution in [3.8, 4) is 0 Å². The second-order valence-electron chi connectivity index (χ2n) is 8.03. The molecule has 1 saturated heterocycles. The summed E-state index contributed by atoms with van der Waals surface area (Å²) in [6, 6.07) is 8.24. The Morgan fingerprint density at radius 3 is 2.80 bits per heavy atom. The topological polar surface area (TPSA) is 73.8 Å². The van der Waals surface area contributed by atoms with Crippen molar-refractivity contribution < 1.29 is 0 Å². The van der Waals surface area contributed by atoms with Crippen molar-refractivity contribution in [1.29, 1.82) is 0 Å². The number of nitrogens with one attached hydrogen (secondary N) is 1. The monoisotopic (exact) mass is 421 g/mol. The third-order valence-electron chi connectivity index (χ3n) is 5.92. The Kier molecular flexibility index (Phi) is 5.00. The van der Waals surface area contributed by atoms with Gasteiger partial charge in [0, 0.05) is 49.6 Å². The zero-order valence-electron chi connectivity index (χ0n) is 17.1. The first-order chi connectivity index (χ1) is 14.6. The number of pyridine rings is 1. The summed E-state index contributed by atoms with van der Waals surface area (Å²) in [4.78, 5) is 26.0. The van der Waals surface area contributed by atoms with Crippen LogP contribution in [0.5, 0.6) is 0 Å². The summed E-state index contributed by atoms with van der Waals surface area (Å²) in [6.07, 6.45) is 3.99. The van der Waals surface area contributed by atoms with E-state index in [9.17, 15) is 0 Å². The van der Waals surface area contributed by atoms with Gasteiger partial charge >= 0.3 is 0 Å². The number of aromatic amines is 1. The van der Waals surface area contributed by atoms with E-state index in [0.717, 1.165) is 71.1 Å². The van der Waals surface area contributed by atoms with Crippen molar-refractivity contribution in [3.05, 3.63) is 53.3 Å². The van der Waals surface area contributed by atoms with Gasteiger partial charge in [0.15, 0.2) is 5.65 Å². The fourth-order valence-corrected chi connectivity index (χ4v) is 4.40. The number of fused-ring (bicyclic) bond motifs is 2. The van der Waals surface area contributed by atoms with Crippen molar-refractivity contribution >= 4 is 39.4 Å². The van der Waals surface area contributed by atoms with Crippen LogP contribution < -0.4 is 4.90 Å². The van der Waals surface area contributed by atoms with Crippen LogP contribution in [-0.4, -0.2) is 63.0 Å². The first kappa shape index (κ1) is 19.2. The quantitative estimate of drug-likeness (QED) is 0.542. The number of imidazole rings is 1. The van der Waals surface area contributed by atoms with Crippen LogP contribution >= 0.6 is 11.6 Å². The Morgan fingerprint density at radius 2 is 1.97 bits per heavy atom. The first-order valence-electron chi connectivity index (χ1n) is 10.3. The van der Waals surface area contributed by atoms with Crippen LogP contribution in [0.4, 0.5) is 5.82 Å². The standard InChI is InChI=1S/C22H24ClN7/c1-14(10-18-20-21(26-12-24-18)27-13-25-20)17-11-15-4-3-5-16(23)19(15)22(28-17)30-8-6-29(2)7-9-30/h3-5,11-14H,6-10H2,1-2H3,(H,24,25,26,27)/t14-/m1/s1. The molecule has 0 saturated carbocycles. The minimum absolute atomic E-state index is 0.181. The van der Waals surface area contributed by atoms with E-state index >= 15 is 0 Å². The number of rotatable bonds is 4. The van der Waals surface area contributed by atoms with E-state index < -0.39 is 0 Å². The highest BCUT2D eigenvalue weighted by Crippen LogP contribution is 2.35. The number of nitrogens with zero attached hydrogens (tertiary/aromatic N) is 6. The van der Waals surface area contributed by atoms with Crippen LogP contribution in [0, 0.1) is 0 Å². The molecule has 0 unspecified atom stereocenters. The Hall–Kier alpha value is -2.77. The fourth-order valence-electron chi connectivity index (χ4n) is 4.13. The van der Waals surface area contributed by atoms with Crippen LogP contribution in [0.2, 0.25) is 5.02 Å². The lowest BCUT2D eigenvalue weighted by atomic mass is 9.98. The van der Waals surface area contributed by atoms with Gasteiger partial charge in [-0.05, 0) is 24.6 Å². The molecule has 7 nitrogen and oxygen atoms in total. The molecule has 8 heteroatoms. The van der Waals surface area contributed by atoms with E-state index in [1.807, 2.05) is 12.1 Å². The Labute approximate surface area is 180 Å². The molecule has 4 heterocycles. The zero-order chi connectivity index (χ0) is 20.7. The van der Waals surface area contributed by atoms with Crippen LogP contribution in [0.1, 0.15) is 24.2 Å².